The number of aryl methyl sites for hydroxylation is 1. The van der Waals surface area contributed by atoms with Gasteiger partial charge in [0.15, 0.2) is 0 Å². The third-order valence-corrected chi connectivity index (χ3v) is 5.10. The van der Waals surface area contributed by atoms with Crippen LogP contribution < -0.4 is 19.7 Å². The predicted octanol–water partition coefficient (Wildman–Crippen LogP) is 3.82. The van der Waals surface area contributed by atoms with Gasteiger partial charge >= 0.3 is 0 Å². The van der Waals surface area contributed by atoms with Gasteiger partial charge in [-0.3, -0.25) is 4.79 Å². The number of rotatable bonds is 6. The predicted molar refractivity (Wildman–Crippen MR) is 110 cm³/mol. The van der Waals surface area contributed by atoms with Gasteiger partial charge in [0.2, 0.25) is 0 Å². The number of nitrogens with zero attached hydrogens (tertiary/aromatic N) is 3. The largest absolute Gasteiger partial charge is 0.497 e. The van der Waals surface area contributed by atoms with Crippen molar-refractivity contribution >= 4 is 17.4 Å². The molecule has 3 rings (SSSR count). The summed E-state index contributed by atoms with van der Waals surface area (Å²) in [5.74, 6) is 2.29. The van der Waals surface area contributed by atoms with E-state index in [1.54, 1.807) is 38.5 Å². The molecule has 1 saturated heterocycles. The van der Waals surface area contributed by atoms with Gasteiger partial charge in [0.25, 0.3) is 5.91 Å². The lowest BCUT2D eigenvalue weighted by Gasteiger charge is -2.36. The van der Waals surface area contributed by atoms with Crippen LogP contribution in [0, 0.1) is 6.92 Å². The summed E-state index contributed by atoms with van der Waals surface area (Å²) in [6, 6.07) is 7.50. The lowest BCUT2D eigenvalue weighted by Crippen LogP contribution is -2.40. The smallest absolute Gasteiger partial charge is 0.274 e. The zero-order valence-corrected chi connectivity index (χ0v) is 17.0. The van der Waals surface area contributed by atoms with Crippen LogP contribution in [0.3, 0.4) is 0 Å². The summed E-state index contributed by atoms with van der Waals surface area (Å²) in [6.07, 6.45) is 4.60. The Balaban J connectivity index is 1.87. The lowest BCUT2D eigenvalue weighted by atomic mass is 10.00. The van der Waals surface area contributed by atoms with Gasteiger partial charge in [-0.2, -0.15) is 0 Å². The zero-order valence-electron chi connectivity index (χ0n) is 17.0. The number of nitrogens with one attached hydrogen (secondary N) is 1. The highest BCUT2D eigenvalue weighted by Gasteiger charge is 2.24. The Morgan fingerprint density at radius 1 is 1.21 bits per heavy atom. The highest BCUT2D eigenvalue weighted by atomic mass is 16.5. The van der Waals surface area contributed by atoms with E-state index in [4.69, 9.17) is 9.47 Å². The summed E-state index contributed by atoms with van der Waals surface area (Å²) in [6.45, 7) is 4.97. The average molecular weight is 384 g/mol. The van der Waals surface area contributed by atoms with Crippen molar-refractivity contribution in [2.75, 3.05) is 31.0 Å². The summed E-state index contributed by atoms with van der Waals surface area (Å²) < 4.78 is 10.6. The zero-order chi connectivity index (χ0) is 20.1. The molecule has 28 heavy (non-hydrogen) atoms. The third-order valence-electron chi connectivity index (χ3n) is 5.10. The Morgan fingerprint density at radius 3 is 2.75 bits per heavy atom. The Hall–Kier alpha value is -2.83. The van der Waals surface area contributed by atoms with Crippen molar-refractivity contribution < 1.29 is 14.3 Å². The van der Waals surface area contributed by atoms with Gasteiger partial charge in [-0.05, 0) is 44.7 Å². The first-order valence-electron chi connectivity index (χ1n) is 9.71. The molecular formula is C21H28N4O3. The highest BCUT2D eigenvalue weighted by Crippen LogP contribution is 2.30. The molecule has 0 aliphatic carbocycles. The van der Waals surface area contributed by atoms with Crippen LogP contribution in [-0.4, -0.2) is 42.7 Å². The number of aromatic nitrogens is 2. The Labute approximate surface area is 166 Å². The first-order valence-corrected chi connectivity index (χ1v) is 9.71. The van der Waals surface area contributed by atoms with Gasteiger partial charge in [-0.25, -0.2) is 9.97 Å². The van der Waals surface area contributed by atoms with E-state index < -0.39 is 0 Å². The molecule has 150 valence electrons. The number of benzene rings is 1. The van der Waals surface area contributed by atoms with E-state index in [1.165, 1.54) is 6.42 Å². The van der Waals surface area contributed by atoms with Crippen LogP contribution in [0.1, 0.15) is 48.9 Å². The minimum atomic E-state index is -0.302. The number of amides is 1. The number of methoxy groups -OCH3 is 2. The fourth-order valence-corrected chi connectivity index (χ4v) is 3.64. The third kappa shape index (κ3) is 4.35. The van der Waals surface area contributed by atoms with Crippen LogP contribution >= 0.6 is 0 Å². The number of piperidine rings is 1. The molecule has 1 aliphatic rings. The number of hydrogen-bond donors (Lipinski definition) is 1. The topological polar surface area (TPSA) is 76.6 Å². The number of ether oxygens (including phenoxy) is 2. The standard InChI is InChI=1S/C21H28N4O3/c1-5-15-8-6-7-11-25(15)20-13-18(22-14(2)23-20)21(26)24-17-12-16(27-3)9-10-19(17)28-4/h9-10,12-13,15H,5-8,11H2,1-4H3,(H,24,26). The molecule has 1 aromatic carbocycles. The molecule has 1 unspecified atom stereocenters. The van der Waals surface area contributed by atoms with Gasteiger partial charge in [-0.15, -0.1) is 0 Å². The van der Waals surface area contributed by atoms with Crippen molar-refractivity contribution in [1.82, 2.24) is 9.97 Å². The normalized spacial score (nSPS) is 16.6. The van der Waals surface area contributed by atoms with Gasteiger partial charge in [0, 0.05) is 24.7 Å². The minimum absolute atomic E-state index is 0.302. The van der Waals surface area contributed by atoms with Gasteiger partial charge in [-0.1, -0.05) is 6.92 Å². The van der Waals surface area contributed by atoms with Crippen LogP contribution in [0.25, 0.3) is 0 Å². The molecule has 7 nitrogen and oxygen atoms in total. The molecule has 0 spiro atoms. The second-order valence-electron chi connectivity index (χ2n) is 6.93. The molecule has 1 amide bonds. The van der Waals surface area contributed by atoms with E-state index in [0.29, 0.717) is 34.7 Å². The van der Waals surface area contributed by atoms with E-state index in [9.17, 15) is 4.79 Å². The van der Waals surface area contributed by atoms with Crippen LogP contribution in [0.2, 0.25) is 0 Å². The van der Waals surface area contributed by atoms with Crippen molar-refractivity contribution in [3.63, 3.8) is 0 Å². The fourth-order valence-electron chi connectivity index (χ4n) is 3.64. The van der Waals surface area contributed by atoms with Crippen LogP contribution in [0.5, 0.6) is 11.5 Å². The molecule has 1 aromatic heterocycles. The quantitative estimate of drug-likeness (QED) is 0.816. The summed E-state index contributed by atoms with van der Waals surface area (Å²) in [5.41, 5.74) is 0.877. The van der Waals surface area contributed by atoms with Crippen molar-refractivity contribution in [3.8, 4) is 11.5 Å². The van der Waals surface area contributed by atoms with E-state index in [0.717, 1.165) is 31.6 Å². The van der Waals surface area contributed by atoms with Crippen molar-refractivity contribution in [2.24, 2.45) is 0 Å². The van der Waals surface area contributed by atoms with Gasteiger partial charge in [0.05, 0.1) is 19.9 Å². The van der Waals surface area contributed by atoms with Crippen molar-refractivity contribution in [1.29, 1.82) is 0 Å². The SMILES string of the molecule is CCC1CCCCN1c1cc(C(=O)Nc2cc(OC)ccc2OC)nc(C)n1. The summed E-state index contributed by atoms with van der Waals surface area (Å²) in [7, 11) is 3.14. The summed E-state index contributed by atoms with van der Waals surface area (Å²) in [4.78, 5) is 24.2. The molecule has 1 fully saturated rings. The van der Waals surface area contributed by atoms with Crippen LogP contribution in [0.15, 0.2) is 24.3 Å². The average Bonchev–Trinajstić information content (AvgIpc) is 2.73. The van der Waals surface area contributed by atoms with Gasteiger partial charge < -0.3 is 19.7 Å². The Morgan fingerprint density at radius 2 is 2.04 bits per heavy atom. The van der Waals surface area contributed by atoms with E-state index in [2.05, 4.69) is 27.1 Å². The summed E-state index contributed by atoms with van der Waals surface area (Å²) in [5, 5.41) is 2.88. The molecule has 1 N–H and O–H groups in total. The first kappa shape index (κ1) is 19.9. The van der Waals surface area contributed by atoms with Crippen LogP contribution in [0.4, 0.5) is 11.5 Å². The van der Waals surface area contributed by atoms with Crippen molar-refractivity contribution in [3.05, 3.63) is 35.8 Å². The fraction of sp³-hybridized carbons (Fsp3) is 0.476. The van der Waals surface area contributed by atoms with E-state index in [1.807, 2.05) is 6.92 Å². The molecule has 2 heterocycles. The molecular weight excluding hydrogens is 356 g/mol. The maximum atomic E-state index is 12.9. The van der Waals surface area contributed by atoms with Crippen LogP contribution in [-0.2, 0) is 0 Å². The summed E-state index contributed by atoms with van der Waals surface area (Å²) >= 11 is 0. The first-order chi connectivity index (χ1) is 13.5. The highest BCUT2D eigenvalue weighted by molar-refractivity contribution is 6.04. The van der Waals surface area contributed by atoms with E-state index >= 15 is 0 Å². The maximum absolute atomic E-state index is 12.9. The Kier molecular flexibility index (Phi) is 6.34. The monoisotopic (exact) mass is 384 g/mol. The molecule has 1 aliphatic heterocycles. The number of anilines is 2. The molecule has 0 radical (unpaired) electrons. The maximum Gasteiger partial charge on any atom is 0.274 e. The number of hydrogen-bond acceptors (Lipinski definition) is 6. The second-order valence-corrected chi connectivity index (χ2v) is 6.93. The molecule has 0 bridgehead atoms. The number of carbonyl (C=O) groups excluding carboxylic acids is 1. The van der Waals surface area contributed by atoms with E-state index in [-0.39, 0.29) is 5.91 Å². The molecule has 0 saturated carbocycles. The number of carbonyl (C=O) groups is 1. The minimum Gasteiger partial charge on any atom is -0.497 e. The second kappa shape index (κ2) is 8.91. The molecule has 1 atom stereocenters. The Bertz CT molecular complexity index is 840. The lowest BCUT2D eigenvalue weighted by molar-refractivity contribution is 0.102. The molecule has 7 heteroatoms. The molecule has 2 aromatic rings. The van der Waals surface area contributed by atoms with Gasteiger partial charge in [0.1, 0.15) is 28.8 Å². The van der Waals surface area contributed by atoms with Crippen molar-refractivity contribution in [2.45, 2.75) is 45.6 Å².